The van der Waals surface area contributed by atoms with Crippen LogP contribution < -0.4 is 0 Å². The Hall–Kier alpha value is -8.72. The zero-order valence-electron chi connectivity index (χ0n) is 35.9. The molecule has 2 heterocycles. The second-order valence-electron chi connectivity index (χ2n) is 17.5. The molecule has 0 radical (unpaired) electrons. The number of para-hydroxylation sites is 1. The molecule has 2 nitrogen and oxygen atoms in total. The van der Waals surface area contributed by atoms with Crippen LogP contribution >= 0.6 is 0 Å². The lowest BCUT2D eigenvalue weighted by Crippen LogP contribution is -1.99. The fourth-order valence-electron chi connectivity index (χ4n) is 11.2. The fourth-order valence-corrected chi connectivity index (χ4v) is 11.2. The van der Waals surface area contributed by atoms with Crippen LogP contribution in [0.3, 0.4) is 0 Å². The van der Waals surface area contributed by atoms with Crippen LogP contribution in [-0.4, -0.2) is 4.57 Å². The van der Waals surface area contributed by atoms with Crippen molar-refractivity contribution in [3.05, 3.63) is 237 Å². The third-order valence-electron chi connectivity index (χ3n) is 14.0. The molecule has 2 heteroatoms. The molecule has 2 aromatic heterocycles. The van der Waals surface area contributed by atoms with Crippen molar-refractivity contribution in [3.63, 3.8) is 0 Å². The van der Waals surface area contributed by atoms with Gasteiger partial charge < -0.3 is 8.98 Å². The second kappa shape index (κ2) is 14.4. The summed E-state index contributed by atoms with van der Waals surface area (Å²) in [5.74, 6) is 0. The van der Waals surface area contributed by atoms with Gasteiger partial charge in [-0.15, -0.1) is 0 Å². The zero-order chi connectivity index (χ0) is 43.3. The van der Waals surface area contributed by atoms with Gasteiger partial charge in [0.1, 0.15) is 11.2 Å². The topological polar surface area (TPSA) is 18.1 Å². The molecule has 12 aromatic carbocycles. The summed E-state index contributed by atoms with van der Waals surface area (Å²) in [6.07, 6.45) is 0. The maximum atomic E-state index is 6.93. The highest BCUT2D eigenvalue weighted by molar-refractivity contribution is 6.26. The Morgan fingerprint density at radius 2 is 0.742 bits per heavy atom. The summed E-state index contributed by atoms with van der Waals surface area (Å²) in [6.45, 7) is 0. The molecule has 0 fully saturated rings. The Morgan fingerprint density at radius 1 is 0.258 bits per heavy atom. The van der Waals surface area contributed by atoms with Gasteiger partial charge in [-0.2, -0.15) is 0 Å². The van der Waals surface area contributed by atoms with Gasteiger partial charge in [-0.1, -0.05) is 200 Å². The lowest BCUT2D eigenvalue weighted by molar-refractivity contribution is 0.669. The van der Waals surface area contributed by atoms with Crippen LogP contribution in [0.5, 0.6) is 0 Å². The summed E-state index contributed by atoms with van der Waals surface area (Å²) >= 11 is 0. The van der Waals surface area contributed by atoms with E-state index in [-0.39, 0.29) is 0 Å². The smallest absolute Gasteiger partial charge is 0.136 e. The van der Waals surface area contributed by atoms with Crippen molar-refractivity contribution >= 4 is 86.8 Å². The number of hydrogen-bond donors (Lipinski definition) is 0. The lowest BCUT2D eigenvalue weighted by Gasteiger charge is -2.19. The molecule has 306 valence electrons. The van der Waals surface area contributed by atoms with E-state index >= 15 is 0 Å². The van der Waals surface area contributed by atoms with Crippen LogP contribution in [0.4, 0.5) is 0 Å². The van der Waals surface area contributed by atoms with E-state index in [0.717, 1.165) is 27.5 Å². The van der Waals surface area contributed by atoms with Crippen molar-refractivity contribution in [1.82, 2.24) is 4.57 Å². The van der Waals surface area contributed by atoms with E-state index < -0.39 is 0 Å². The zero-order valence-corrected chi connectivity index (χ0v) is 35.9. The van der Waals surface area contributed by atoms with E-state index in [0.29, 0.717) is 0 Å². The Labute approximate surface area is 380 Å². The van der Waals surface area contributed by atoms with E-state index in [1.165, 1.54) is 110 Å². The normalized spacial score (nSPS) is 11.9. The minimum absolute atomic E-state index is 0.873. The molecule has 0 amide bonds. The molecule has 0 atom stereocenters. The predicted molar refractivity (Wildman–Crippen MR) is 280 cm³/mol. The van der Waals surface area contributed by atoms with Crippen molar-refractivity contribution in [2.24, 2.45) is 0 Å². The molecule has 0 aliphatic rings. The van der Waals surface area contributed by atoms with Gasteiger partial charge in [0.15, 0.2) is 0 Å². The van der Waals surface area contributed by atoms with Crippen molar-refractivity contribution in [3.8, 4) is 50.2 Å². The van der Waals surface area contributed by atoms with Crippen LogP contribution in [-0.2, 0) is 0 Å². The molecule has 0 saturated carbocycles. The maximum Gasteiger partial charge on any atom is 0.136 e. The first-order valence-electron chi connectivity index (χ1n) is 22.8. The van der Waals surface area contributed by atoms with Crippen molar-refractivity contribution in [2.75, 3.05) is 0 Å². The molecule has 0 aliphatic heterocycles. The SMILES string of the molecule is c1ccc(-c2ccc3c(c2)c2ccccc2n3-c2c3ccccc3c(-c3ccc4c(c3)oc3cccc(-c5c6ccccc6c(-c6ccccc6)c6ccccc56)c34)c3ccccc23)cc1. The van der Waals surface area contributed by atoms with Gasteiger partial charge in [0.05, 0.1) is 16.7 Å². The molecular weight excluding hydrogens is 799 g/mol. The molecular formula is C64H39NO. The summed E-state index contributed by atoms with van der Waals surface area (Å²) in [7, 11) is 0. The average molecular weight is 838 g/mol. The van der Waals surface area contributed by atoms with Gasteiger partial charge in [-0.3, -0.25) is 0 Å². The summed E-state index contributed by atoms with van der Waals surface area (Å²) in [5.41, 5.74) is 15.0. The molecule has 0 N–H and O–H groups in total. The predicted octanol–water partition coefficient (Wildman–Crippen LogP) is 18.0. The largest absolute Gasteiger partial charge is 0.456 e. The quantitative estimate of drug-likeness (QED) is 0.158. The molecule has 0 spiro atoms. The van der Waals surface area contributed by atoms with Gasteiger partial charge >= 0.3 is 0 Å². The summed E-state index contributed by atoms with van der Waals surface area (Å²) < 4.78 is 9.43. The average Bonchev–Trinajstić information content (AvgIpc) is 3.93. The summed E-state index contributed by atoms with van der Waals surface area (Å²) in [6, 6.07) is 86.3. The third-order valence-corrected chi connectivity index (χ3v) is 14.0. The third kappa shape index (κ3) is 5.36. The monoisotopic (exact) mass is 837 g/mol. The number of hydrogen-bond acceptors (Lipinski definition) is 1. The number of aromatic nitrogens is 1. The highest BCUT2D eigenvalue weighted by atomic mass is 16.3. The first-order chi connectivity index (χ1) is 32.8. The number of rotatable bonds is 5. The highest BCUT2D eigenvalue weighted by Gasteiger charge is 2.23. The number of furan rings is 1. The molecule has 14 rings (SSSR count). The number of nitrogens with zero attached hydrogens (tertiary/aromatic N) is 1. The minimum atomic E-state index is 0.873. The fraction of sp³-hybridized carbons (Fsp3) is 0. The summed E-state index contributed by atoms with van der Waals surface area (Å²) in [5, 5.41) is 14.5. The number of fused-ring (bicyclic) bond motifs is 10. The van der Waals surface area contributed by atoms with Crippen molar-refractivity contribution < 1.29 is 4.42 Å². The second-order valence-corrected chi connectivity index (χ2v) is 17.5. The first kappa shape index (κ1) is 36.7. The molecule has 0 saturated heterocycles. The van der Waals surface area contributed by atoms with Gasteiger partial charge in [-0.25, -0.2) is 0 Å². The van der Waals surface area contributed by atoms with Crippen LogP contribution in [0.15, 0.2) is 241 Å². The Bertz CT molecular complexity index is 4160. The van der Waals surface area contributed by atoms with Crippen molar-refractivity contribution in [2.45, 2.75) is 0 Å². The van der Waals surface area contributed by atoms with Gasteiger partial charge in [0.25, 0.3) is 0 Å². The Kier molecular flexibility index (Phi) is 8.02. The molecule has 0 bridgehead atoms. The van der Waals surface area contributed by atoms with E-state index in [1.54, 1.807) is 0 Å². The molecule has 66 heavy (non-hydrogen) atoms. The van der Waals surface area contributed by atoms with Gasteiger partial charge in [0, 0.05) is 32.3 Å². The van der Waals surface area contributed by atoms with E-state index in [4.69, 9.17) is 4.42 Å². The van der Waals surface area contributed by atoms with Crippen molar-refractivity contribution in [1.29, 1.82) is 0 Å². The van der Waals surface area contributed by atoms with Crippen LogP contribution in [0.25, 0.3) is 137 Å². The van der Waals surface area contributed by atoms with E-state index in [1.807, 2.05) is 0 Å². The lowest BCUT2D eigenvalue weighted by atomic mass is 9.85. The van der Waals surface area contributed by atoms with Crippen LogP contribution in [0.2, 0.25) is 0 Å². The van der Waals surface area contributed by atoms with Gasteiger partial charge in [-0.05, 0) is 113 Å². The Morgan fingerprint density at radius 3 is 1.38 bits per heavy atom. The Balaban J connectivity index is 0.998. The summed E-state index contributed by atoms with van der Waals surface area (Å²) in [4.78, 5) is 0. The molecule has 0 unspecified atom stereocenters. The number of benzene rings is 12. The standard InChI is InChI=1S/C64H39NO/c1-3-18-40(19-4-1)42-35-37-57-55(38-42)44-22-15-16-32-56(44)65(57)64-51-29-13-11-27-49(51)61(50-28-12-14-30-52(50)64)43-34-36-53-59(39-43)66-58-33-17-31-54(63(53)58)62-47-25-9-7-23-45(47)60(41-20-5-2-6-21-41)46-24-8-10-26-48(46)62/h1-39H. The first-order valence-corrected chi connectivity index (χ1v) is 22.8. The molecule has 0 aliphatic carbocycles. The van der Waals surface area contributed by atoms with E-state index in [9.17, 15) is 0 Å². The van der Waals surface area contributed by atoms with Crippen LogP contribution in [0.1, 0.15) is 0 Å². The minimum Gasteiger partial charge on any atom is -0.456 e. The molecule has 14 aromatic rings. The van der Waals surface area contributed by atoms with Gasteiger partial charge in [0.2, 0.25) is 0 Å². The highest BCUT2D eigenvalue weighted by Crippen LogP contribution is 2.49. The van der Waals surface area contributed by atoms with E-state index in [2.05, 4.69) is 241 Å². The van der Waals surface area contributed by atoms with Crippen LogP contribution in [0, 0.1) is 0 Å². The maximum absolute atomic E-state index is 6.93.